The van der Waals surface area contributed by atoms with Gasteiger partial charge in [-0.15, -0.1) is 10.2 Å². The molecule has 1 aromatic heterocycles. The van der Waals surface area contributed by atoms with Crippen molar-refractivity contribution in [3.63, 3.8) is 0 Å². The summed E-state index contributed by atoms with van der Waals surface area (Å²) in [7, 11) is 5.38. The number of aromatic nitrogens is 3. The van der Waals surface area contributed by atoms with E-state index in [4.69, 9.17) is 19.2 Å². The summed E-state index contributed by atoms with van der Waals surface area (Å²) >= 11 is 0. The molecule has 2 N–H and O–H groups in total. The maximum absolute atomic E-state index is 5.84. The van der Waals surface area contributed by atoms with Gasteiger partial charge in [0.2, 0.25) is 0 Å². The zero-order chi connectivity index (χ0) is 21.4. The number of rotatable bonds is 8. The van der Waals surface area contributed by atoms with Gasteiger partial charge >= 0.3 is 0 Å². The summed E-state index contributed by atoms with van der Waals surface area (Å²) in [6, 6.07) is 7.91. The van der Waals surface area contributed by atoms with Gasteiger partial charge in [-0.1, -0.05) is 12.1 Å². The SMILES string of the molecule is COc1ccc(CN=C(NCc2nnc(C)n2C)NCC2(OC)CCOCC2)cc1. The van der Waals surface area contributed by atoms with E-state index < -0.39 is 0 Å². The van der Waals surface area contributed by atoms with Gasteiger partial charge in [0.1, 0.15) is 11.6 Å². The van der Waals surface area contributed by atoms with Crippen LogP contribution < -0.4 is 15.4 Å². The highest BCUT2D eigenvalue weighted by Gasteiger charge is 2.32. The molecule has 0 amide bonds. The third kappa shape index (κ3) is 5.70. The number of guanidine groups is 1. The Morgan fingerprint density at radius 1 is 1.17 bits per heavy atom. The number of nitrogens with zero attached hydrogens (tertiary/aromatic N) is 4. The minimum absolute atomic E-state index is 0.248. The van der Waals surface area contributed by atoms with Crippen LogP contribution in [0.25, 0.3) is 0 Å². The lowest BCUT2D eigenvalue weighted by molar-refractivity contribution is -0.0855. The first-order valence-corrected chi connectivity index (χ1v) is 10.2. The summed E-state index contributed by atoms with van der Waals surface area (Å²) in [6.07, 6.45) is 1.70. The summed E-state index contributed by atoms with van der Waals surface area (Å²) in [4.78, 5) is 4.76. The molecule has 164 valence electrons. The Bertz CT molecular complexity index is 828. The Balaban J connectivity index is 1.68. The topological polar surface area (TPSA) is 94.8 Å². The van der Waals surface area contributed by atoms with Crippen molar-refractivity contribution >= 4 is 5.96 Å². The highest BCUT2D eigenvalue weighted by atomic mass is 16.5. The molecule has 0 atom stereocenters. The molecule has 1 fully saturated rings. The van der Waals surface area contributed by atoms with Crippen LogP contribution in [0.1, 0.15) is 30.1 Å². The van der Waals surface area contributed by atoms with Crippen LogP contribution in [0.15, 0.2) is 29.3 Å². The van der Waals surface area contributed by atoms with Crippen LogP contribution in [0.4, 0.5) is 0 Å². The van der Waals surface area contributed by atoms with Crippen LogP contribution in [0.2, 0.25) is 0 Å². The first kappa shape index (κ1) is 22.0. The lowest BCUT2D eigenvalue weighted by Gasteiger charge is -2.36. The van der Waals surface area contributed by atoms with Gasteiger partial charge in [0.15, 0.2) is 11.8 Å². The number of methoxy groups -OCH3 is 2. The Morgan fingerprint density at radius 3 is 2.50 bits per heavy atom. The van der Waals surface area contributed by atoms with Crippen LogP contribution >= 0.6 is 0 Å². The van der Waals surface area contributed by atoms with Crippen molar-refractivity contribution in [2.75, 3.05) is 34.0 Å². The molecule has 1 aromatic carbocycles. The van der Waals surface area contributed by atoms with Gasteiger partial charge in [-0.25, -0.2) is 4.99 Å². The van der Waals surface area contributed by atoms with Crippen molar-refractivity contribution < 1.29 is 14.2 Å². The smallest absolute Gasteiger partial charge is 0.192 e. The molecular formula is C21H32N6O3. The molecule has 0 bridgehead atoms. The number of nitrogens with one attached hydrogen (secondary N) is 2. The molecule has 2 aromatic rings. The highest BCUT2D eigenvalue weighted by Crippen LogP contribution is 2.23. The van der Waals surface area contributed by atoms with Gasteiger partial charge in [-0.3, -0.25) is 0 Å². The maximum atomic E-state index is 5.84. The first-order chi connectivity index (χ1) is 14.5. The minimum Gasteiger partial charge on any atom is -0.497 e. The second kappa shape index (κ2) is 10.4. The normalized spacial score (nSPS) is 16.3. The van der Waals surface area contributed by atoms with Crippen LogP contribution in [0.5, 0.6) is 5.75 Å². The highest BCUT2D eigenvalue weighted by molar-refractivity contribution is 5.79. The van der Waals surface area contributed by atoms with Crippen molar-refractivity contribution in [1.29, 1.82) is 0 Å². The molecule has 2 heterocycles. The number of aryl methyl sites for hydroxylation is 1. The molecule has 0 saturated carbocycles. The predicted octanol–water partition coefficient (Wildman–Crippen LogP) is 1.56. The van der Waals surface area contributed by atoms with Gasteiger partial charge < -0.3 is 29.4 Å². The third-order valence-electron chi connectivity index (χ3n) is 5.59. The molecule has 1 aliphatic heterocycles. The number of hydrogen-bond acceptors (Lipinski definition) is 6. The quantitative estimate of drug-likeness (QED) is 0.498. The summed E-state index contributed by atoms with van der Waals surface area (Å²) in [5.41, 5.74) is 0.848. The van der Waals surface area contributed by atoms with Gasteiger partial charge in [0.05, 0.1) is 25.8 Å². The van der Waals surface area contributed by atoms with E-state index in [0.717, 1.165) is 35.8 Å². The van der Waals surface area contributed by atoms with E-state index >= 15 is 0 Å². The number of hydrogen-bond donors (Lipinski definition) is 2. The summed E-state index contributed by atoms with van der Waals surface area (Å²) in [5, 5.41) is 15.1. The average Bonchev–Trinajstić information content (AvgIpc) is 3.11. The van der Waals surface area contributed by atoms with Crippen molar-refractivity contribution in [3.05, 3.63) is 41.5 Å². The Labute approximate surface area is 177 Å². The van der Waals surface area contributed by atoms with Crippen molar-refractivity contribution in [2.24, 2.45) is 12.0 Å². The Hall–Kier alpha value is -2.65. The largest absolute Gasteiger partial charge is 0.497 e. The predicted molar refractivity (Wildman–Crippen MR) is 115 cm³/mol. The fraction of sp³-hybridized carbons (Fsp3) is 0.571. The number of benzene rings is 1. The first-order valence-electron chi connectivity index (χ1n) is 10.2. The summed E-state index contributed by atoms with van der Waals surface area (Å²) < 4.78 is 18.5. The zero-order valence-corrected chi connectivity index (χ0v) is 18.3. The molecule has 1 saturated heterocycles. The zero-order valence-electron chi connectivity index (χ0n) is 18.3. The van der Waals surface area contributed by atoms with E-state index in [9.17, 15) is 0 Å². The van der Waals surface area contributed by atoms with Gasteiger partial charge in [0.25, 0.3) is 0 Å². The van der Waals surface area contributed by atoms with Crippen molar-refractivity contribution in [3.8, 4) is 5.75 Å². The van der Waals surface area contributed by atoms with Crippen LogP contribution in [-0.2, 0) is 29.6 Å². The molecule has 0 spiro atoms. The fourth-order valence-electron chi connectivity index (χ4n) is 3.28. The van der Waals surface area contributed by atoms with Crippen molar-refractivity contribution in [1.82, 2.24) is 25.4 Å². The van der Waals surface area contributed by atoms with E-state index in [1.54, 1.807) is 14.2 Å². The molecule has 0 unspecified atom stereocenters. The summed E-state index contributed by atoms with van der Waals surface area (Å²) in [6.45, 7) is 5.06. The van der Waals surface area contributed by atoms with E-state index in [-0.39, 0.29) is 5.60 Å². The number of ether oxygens (including phenoxy) is 3. The molecule has 1 aliphatic rings. The molecule has 0 radical (unpaired) electrons. The van der Waals surface area contributed by atoms with E-state index in [0.29, 0.717) is 38.8 Å². The van der Waals surface area contributed by atoms with Gasteiger partial charge in [-0.05, 0) is 24.6 Å². The summed E-state index contributed by atoms with van der Waals surface area (Å²) in [5.74, 6) is 3.25. The lowest BCUT2D eigenvalue weighted by Crippen LogP contribution is -2.50. The molecule has 9 nitrogen and oxygen atoms in total. The molecule has 9 heteroatoms. The molecule has 3 rings (SSSR count). The molecule has 30 heavy (non-hydrogen) atoms. The van der Waals surface area contributed by atoms with Gasteiger partial charge in [0, 0.05) is 46.8 Å². The third-order valence-corrected chi connectivity index (χ3v) is 5.59. The number of aliphatic imine (C=N–C) groups is 1. The average molecular weight is 417 g/mol. The molecular weight excluding hydrogens is 384 g/mol. The van der Waals surface area contributed by atoms with Crippen LogP contribution in [0.3, 0.4) is 0 Å². The Morgan fingerprint density at radius 2 is 1.90 bits per heavy atom. The second-order valence-corrected chi connectivity index (χ2v) is 7.44. The monoisotopic (exact) mass is 416 g/mol. The second-order valence-electron chi connectivity index (χ2n) is 7.44. The lowest BCUT2D eigenvalue weighted by atomic mass is 9.94. The maximum Gasteiger partial charge on any atom is 0.192 e. The Kier molecular flexibility index (Phi) is 7.64. The van der Waals surface area contributed by atoms with Gasteiger partial charge in [-0.2, -0.15) is 0 Å². The van der Waals surface area contributed by atoms with Crippen LogP contribution in [-0.4, -0.2) is 60.3 Å². The van der Waals surface area contributed by atoms with E-state index in [2.05, 4.69) is 20.8 Å². The minimum atomic E-state index is -0.248. The van der Waals surface area contributed by atoms with Crippen LogP contribution in [0, 0.1) is 6.92 Å². The van der Waals surface area contributed by atoms with E-state index in [1.807, 2.05) is 42.8 Å². The fourth-order valence-corrected chi connectivity index (χ4v) is 3.28. The standard InChI is InChI=1S/C21H32N6O3/c1-16-25-26-19(27(16)2)14-23-20(22-13-17-5-7-18(28-3)8-6-17)24-15-21(29-4)9-11-30-12-10-21/h5-8H,9-15H2,1-4H3,(H2,22,23,24). The molecule has 0 aliphatic carbocycles. The van der Waals surface area contributed by atoms with Crippen molar-refractivity contribution in [2.45, 2.75) is 38.5 Å². The van der Waals surface area contributed by atoms with E-state index in [1.165, 1.54) is 0 Å².